The molecule has 6 heteroatoms. The fourth-order valence-electron chi connectivity index (χ4n) is 3.69. The smallest absolute Gasteiger partial charge is 0.221 e. The number of amides is 1. The van der Waals surface area contributed by atoms with Gasteiger partial charge in [0, 0.05) is 58.1 Å². The van der Waals surface area contributed by atoms with Gasteiger partial charge in [0.05, 0.1) is 11.7 Å². The van der Waals surface area contributed by atoms with Crippen LogP contribution in [0.4, 0.5) is 5.69 Å². The second kappa shape index (κ2) is 9.04. The molecule has 27 heavy (non-hydrogen) atoms. The lowest BCUT2D eigenvalue weighted by Crippen LogP contribution is -2.47. The molecule has 1 saturated heterocycles. The van der Waals surface area contributed by atoms with E-state index < -0.39 is 0 Å². The maximum absolute atomic E-state index is 12.4. The summed E-state index contributed by atoms with van der Waals surface area (Å²) in [5, 5.41) is 7.36. The average Bonchev–Trinajstić information content (AvgIpc) is 3.10. The van der Waals surface area contributed by atoms with E-state index in [1.807, 2.05) is 17.8 Å². The van der Waals surface area contributed by atoms with Gasteiger partial charge in [-0.2, -0.15) is 5.10 Å². The van der Waals surface area contributed by atoms with E-state index >= 15 is 0 Å². The zero-order valence-corrected chi connectivity index (χ0v) is 16.7. The number of nitrogens with zero attached hydrogens (tertiary/aromatic N) is 4. The van der Waals surface area contributed by atoms with E-state index in [1.54, 1.807) is 6.20 Å². The number of nitrogens with one attached hydrogen (secondary N) is 1. The second-order valence-corrected chi connectivity index (χ2v) is 7.33. The first-order valence-corrected chi connectivity index (χ1v) is 9.88. The number of aromatic nitrogens is 2. The Morgan fingerprint density at radius 2 is 2.00 bits per heavy atom. The highest BCUT2D eigenvalue weighted by atomic mass is 16.1. The van der Waals surface area contributed by atoms with Crippen molar-refractivity contribution < 1.29 is 4.79 Å². The summed E-state index contributed by atoms with van der Waals surface area (Å²) in [5.74, 6) is 0.115. The summed E-state index contributed by atoms with van der Waals surface area (Å²) in [4.78, 5) is 17.2. The molecule has 1 aliphatic rings. The van der Waals surface area contributed by atoms with Crippen molar-refractivity contribution in [2.24, 2.45) is 7.05 Å². The van der Waals surface area contributed by atoms with Crippen LogP contribution in [0.1, 0.15) is 37.1 Å². The fourth-order valence-corrected chi connectivity index (χ4v) is 3.69. The van der Waals surface area contributed by atoms with Crippen LogP contribution in [-0.2, 0) is 11.8 Å². The largest absolute Gasteiger partial charge is 0.369 e. The average molecular weight is 370 g/mol. The van der Waals surface area contributed by atoms with E-state index in [1.165, 1.54) is 11.3 Å². The summed E-state index contributed by atoms with van der Waals surface area (Å²) in [6.45, 7) is 9.06. The Balaban J connectivity index is 1.43. The first-order valence-electron chi connectivity index (χ1n) is 9.88. The highest BCUT2D eigenvalue weighted by Gasteiger charge is 2.19. The molecule has 0 spiro atoms. The third-order valence-electron chi connectivity index (χ3n) is 5.35. The van der Waals surface area contributed by atoms with Crippen LogP contribution in [0.25, 0.3) is 0 Å². The van der Waals surface area contributed by atoms with Crippen LogP contribution in [0.2, 0.25) is 0 Å². The number of carbonyl (C=O) groups is 1. The first kappa shape index (κ1) is 19.4. The van der Waals surface area contributed by atoms with Crippen LogP contribution in [0.15, 0.2) is 36.5 Å². The minimum Gasteiger partial charge on any atom is -0.369 e. The number of carbonyl (C=O) groups excluding carboxylic acids is 1. The van der Waals surface area contributed by atoms with E-state index in [0.29, 0.717) is 6.42 Å². The first-order chi connectivity index (χ1) is 13.1. The monoisotopic (exact) mass is 369 g/mol. The molecule has 6 nitrogen and oxygen atoms in total. The van der Waals surface area contributed by atoms with Gasteiger partial charge in [0.15, 0.2) is 0 Å². The molecule has 3 rings (SSSR count). The molecule has 1 aromatic heterocycles. The van der Waals surface area contributed by atoms with Crippen LogP contribution in [-0.4, -0.2) is 53.3 Å². The molecule has 0 saturated carbocycles. The number of hydrogen-bond acceptors (Lipinski definition) is 4. The summed E-state index contributed by atoms with van der Waals surface area (Å²) in [7, 11) is 1.91. The van der Waals surface area contributed by atoms with Crippen molar-refractivity contribution in [3.8, 4) is 0 Å². The van der Waals surface area contributed by atoms with E-state index in [9.17, 15) is 4.79 Å². The van der Waals surface area contributed by atoms with Gasteiger partial charge in [-0.15, -0.1) is 0 Å². The van der Waals surface area contributed by atoms with E-state index in [4.69, 9.17) is 0 Å². The van der Waals surface area contributed by atoms with Crippen LogP contribution in [0.5, 0.6) is 0 Å². The van der Waals surface area contributed by atoms with E-state index in [-0.39, 0.29) is 11.9 Å². The van der Waals surface area contributed by atoms with Crippen molar-refractivity contribution in [1.29, 1.82) is 0 Å². The Bertz CT molecular complexity index is 749. The molecule has 1 aromatic carbocycles. The predicted molar refractivity (Wildman–Crippen MR) is 109 cm³/mol. The van der Waals surface area contributed by atoms with Crippen molar-refractivity contribution >= 4 is 11.6 Å². The fraction of sp³-hybridized carbons (Fsp3) is 0.524. The van der Waals surface area contributed by atoms with E-state index in [2.05, 4.69) is 58.3 Å². The highest BCUT2D eigenvalue weighted by Crippen LogP contribution is 2.18. The summed E-state index contributed by atoms with van der Waals surface area (Å²) < 4.78 is 1.83. The van der Waals surface area contributed by atoms with Gasteiger partial charge in [-0.1, -0.05) is 19.1 Å². The van der Waals surface area contributed by atoms with E-state index in [0.717, 1.165) is 44.8 Å². The second-order valence-electron chi connectivity index (χ2n) is 7.33. The Morgan fingerprint density at radius 1 is 1.22 bits per heavy atom. The lowest BCUT2D eigenvalue weighted by atomic mass is 10.1. The molecule has 146 valence electrons. The molecule has 1 fully saturated rings. The SMILES string of the molecule is CC[C@H](NC(=O)CCN1CCN(c2cccc(C)c2)CC1)c1ccnn1C. The molecule has 1 aliphatic heterocycles. The van der Waals surface area contributed by atoms with Crippen molar-refractivity contribution in [2.75, 3.05) is 37.6 Å². The lowest BCUT2D eigenvalue weighted by molar-refractivity contribution is -0.122. The van der Waals surface area contributed by atoms with Gasteiger partial charge in [-0.05, 0) is 37.1 Å². The summed E-state index contributed by atoms with van der Waals surface area (Å²) in [6.07, 6.45) is 3.18. The number of aryl methyl sites for hydroxylation is 2. The van der Waals surface area contributed by atoms with Crippen molar-refractivity contribution in [3.63, 3.8) is 0 Å². The number of piperazine rings is 1. The molecule has 2 aromatic rings. The molecule has 0 unspecified atom stereocenters. The van der Waals surface area contributed by atoms with Gasteiger partial charge in [0.2, 0.25) is 5.91 Å². The maximum atomic E-state index is 12.4. The molecule has 1 N–H and O–H groups in total. The van der Waals surface area contributed by atoms with Gasteiger partial charge >= 0.3 is 0 Å². The topological polar surface area (TPSA) is 53.4 Å². The summed E-state index contributed by atoms with van der Waals surface area (Å²) in [5.41, 5.74) is 3.65. The predicted octanol–water partition coefficient (Wildman–Crippen LogP) is 2.51. The van der Waals surface area contributed by atoms with Crippen LogP contribution in [0, 0.1) is 6.92 Å². The van der Waals surface area contributed by atoms with Gasteiger partial charge in [0.1, 0.15) is 0 Å². The van der Waals surface area contributed by atoms with Gasteiger partial charge < -0.3 is 10.2 Å². The molecule has 1 atom stereocenters. The Hall–Kier alpha value is -2.34. The number of anilines is 1. The third-order valence-corrected chi connectivity index (χ3v) is 5.35. The normalized spacial score (nSPS) is 16.3. The van der Waals surface area contributed by atoms with Crippen LogP contribution in [0.3, 0.4) is 0 Å². The van der Waals surface area contributed by atoms with Crippen LogP contribution < -0.4 is 10.2 Å². The third kappa shape index (κ3) is 5.10. The zero-order chi connectivity index (χ0) is 19.2. The molecule has 0 aliphatic carbocycles. The van der Waals surface area contributed by atoms with Crippen molar-refractivity contribution in [3.05, 3.63) is 47.8 Å². The maximum Gasteiger partial charge on any atom is 0.221 e. The minimum absolute atomic E-state index is 0.0307. The van der Waals surface area contributed by atoms with Crippen molar-refractivity contribution in [2.45, 2.75) is 32.7 Å². The lowest BCUT2D eigenvalue weighted by Gasteiger charge is -2.36. The Kier molecular flexibility index (Phi) is 6.50. The molecule has 2 heterocycles. The van der Waals surface area contributed by atoms with Crippen LogP contribution >= 0.6 is 0 Å². The van der Waals surface area contributed by atoms with Crippen molar-refractivity contribution in [1.82, 2.24) is 20.0 Å². The zero-order valence-electron chi connectivity index (χ0n) is 16.7. The standard InChI is InChI=1S/C21H31N5O/c1-4-19(20-8-10-22-24(20)3)23-21(27)9-11-25-12-14-26(15-13-25)18-7-5-6-17(2)16-18/h5-8,10,16,19H,4,9,11-15H2,1-3H3,(H,23,27)/t19-/m0/s1. The number of rotatable bonds is 7. The van der Waals surface area contributed by atoms with Gasteiger partial charge in [-0.3, -0.25) is 14.4 Å². The number of hydrogen-bond donors (Lipinski definition) is 1. The van der Waals surface area contributed by atoms with Gasteiger partial charge in [-0.25, -0.2) is 0 Å². The molecular formula is C21H31N5O. The quantitative estimate of drug-likeness (QED) is 0.815. The summed E-state index contributed by atoms with van der Waals surface area (Å²) >= 11 is 0. The minimum atomic E-state index is 0.0307. The molecule has 1 amide bonds. The Labute approximate surface area is 162 Å². The summed E-state index contributed by atoms with van der Waals surface area (Å²) in [6, 6.07) is 10.7. The Morgan fingerprint density at radius 3 is 2.63 bits per heavy atom. The number of benzene rings is 1. The highest BCUT2D eigenvalue weighted by molar-refractivity contribution is 5.76. The molecular weight excluding hydrogens is 338 g/mol. The molecule has 0 bridgehead atoms. The molecule has 0 radical (unpaired) electrons. The van der Waals surface area contributed by atoms with Gasteiger partial charge in [0.25, 0.3) is 0 Å².